The molecule has 27 heavy (non-hydrogen) atoms. The summed E-state index contributed by atoms with van der Waals surface area (Å²) >= 11 is 0. The predicted octanol–water partition coefficient (Wildman–Crippen LogP) is 3.23. The fourth-order valence-electron chi connectivity index (χ4n) is 4.85. The third-order valence-electron chi connectivity index (χ3n) is 6.55. The fourth-order valence-corrected chi connectivity index (χ4v) is 4.85. The van der Waals surface area contributed by atoms with Crippen LogP contribution in [-0.4, -0.2) is 41.7 Å². The van der Waals surface area contributed by atoms with E-state index in [0.717, 1.165) is 25.7 Å². The number of hydrogen-bond acceptors (Lipinski definition) is 5. The Morgan fingerprint density at radius 2 is 2.15 bits per heavy atom. The number of carbonyl (C=O) groups excluding carboxylic acids is 1. The molecule has 1 aromatic heterocycles. The number of benzene rings is 1. The van der Waals surface area contributed by atoms with Crippen molar-refractivity contribution in [2.75, 3.05) is 13.7 Å². The van der Waals surface area contributed by atoms with Crippen molar-refractivity contribution in [3.8, 4) is 5.75 Å². The number of phenolic OH excluding ortho intramolecular Hbond substituents is 1. The van der Waals surface area contributed by atoms with Gasteiger partial charge in [-0.2, -0.15) is 0 Å². The lowest BCUT2D eigenvalue weighted by Crippen LogP contribution is -2.68. The highest BCUT2D eigenvalue weighted by molar-refractivity contribution is 5.99. The van der Waals surface area contributed by atoms with Gasteiger partial charge >= 0.3 is 5.63 Å². The number of carbonyl (C=O) groups is 1. The zero-order chi connectivity index (χ0) is 19.3. The maximum atomic E-state index is 13.2. The van der Waals surface area contributed by atoms with Crippen LogP contribution in [0, 0.1) is 12.3 Å². The second-order valence-electron chi connectivity index (χ2n) is 7.77. The zero-order valence-corrected chi connectivity index (χ0v) is 15.9. The first-order chi connectivity index (χ1) is 12.9. The van der Waals surface area contributed by atoms with Gasteiger partial charge < -0.3 is 19.2 Å². The maximum absolute atomic E-state index is 13.2. The van der Waals surface area contributed by atoms with Crippen LogP contribution in [0.3, 0.4) is 0 Å². The summed E-state index contributed by atoms with van der Waals surface area (Å²) in [6, 6.07) is 4.60. The van der Waals surface area contributed by atoms with Gasteiger partial charge in [-0.1, -0.05) is 6.42 Å². The molecule has 1 aromatic carbocycles. The molecular formula is C21H25NO5. The molecule has 0 unspecified atom stereocenters. The van der Waals surface area contributed by atoms with Crippen molar-refractivity contribution >= 4 is 16.9 Å². The Bertz CT molecular complexity index is 959. The van der Waals surface area contributed by atoms with Gasteiger partial charge in [-0.3, -0.25) is 4.79 Å². The van der Waals surface area contributed by atoms with Crippen LogP contribution in [-0.2, 0) is 4.74 Å². The van der Waals surface area contributed by atoms with Crippen molar-refractivity contribution < 1.29 is 19.1 Å². The Balaban J connectivity index is 1.68. The third-order valence-corrected chi connectivity index (χ3v) is 6.55. The van der Waals surface area contributed by atoms with Crippen LogP contribution in [0.5, 0.6) is 5.75 Å². The largest absolute Gasteiger partial charge is 0.508 e. The summed E-state index contributed by atoms with van der Waals surface area (Å²) in [6.07, 6.45) is 4.26. The van der Waals surface area contributed by atoms with Crippen LogP contribution >= 0.6 is 0 Å². The van der Waals surface area contributed by atoms with E-state index in [1.165, 1.54) is 12.1 Å². The van der Waals surface area contributed by atoms with Crippen LogP contribution in [0.25, 0.3) is 11.0 Å². The topological polar surface area (TPSA) is 80.0 Å². The monoisotopic (exact) mass is 371 g/mol. The minimum absolute atomic E-state index is 0.0314. The summed E-state index contributed by atoms with van der Waals surface area (Å²) in [4.78, 5) is 27.4. The second kappa shape index (κ2) is 6.37. The molecule has 0 aliphatic heterocycles. The van der Waals surface area contributed by atoms with E-state index in [0.29, 0.717) is 23.1 Å². The van der Waals surface area contributed by atoms with E-state index in [4.69, 9.17) is 9.15 Å². The van der Waals surface area contributed by atoms with E-state index in [2.05, 4.69) is 0 Å². The van der Waals surface area contributed by atoms with Gasteiger partial charge in [0.2, 0.25) is 0 Å². The number of phenols is 1. The number of fused-ring (bicyclic) bond motifs is 1. The van der Waals surface area contributed by atoms with Gasteiger partial charge in [-0.25, -0.2) is 4.79 Å². The quantitative estimate of drug-likeness (QED) is 0.835. The summed E-state index contributed by atoms with van der Waals surface area (Å²) in [5.74, 6) is -0.254. The van der Waals surface area contributed by atoms with E-state index < -0.39 is 5.63 Å². The van der Waals surface area contributed by atoms with Gasteiger partial charge in [-0.15, -0.1) is 0 Å². The number of hydrogen-bond donors (Lipinski definition) is 1. The molecule has 1 heterocycles. The van der Waals surface area contributed by atoms with E-state index in [9.17, 15) is 14.7 Å². The summed E-state index contributed by atoms with van der Waals surface area (Å²) in [5, 5.41) is 10.3. The molecule has 0 bridgehead atoms. The van der Waals surface area contributed by atoms with E-state index in [1.54, 1.807) is 24.9 Å². The van der Waals surface area contributed by atoms with Crippen LogP contribution < -0.4 is 5.63 Å². The first kappa shape index (κ1) is 18.0. The Morgan fingerprint density at radius 3 is 2.78 bits per heavy atom. The smallest absolute Gasteiger partial charge is 0.349 e. The lowest BCUT2D eigenvalue weighted by Gasteiger charge is -2.63. The Kier molecular flexibility index (Phi) is 4.26. The molecule has 2 aromatic rings. The van der Waals surface area contributed by atoms with Gasteiger partial charge in [0.25, 0.3) is 5.91 Å². The Morgan fingerprint density at radius 1 is 1.41 bits per heavy atom. The van der Waals surface area contributed by atoms with Crippen LogP contribution in [0.2, 0.25) is 0 Å². The summed E-state index contributed by atoms with van der Waals surface area (Å²) in [6.45, 7) is 4.39. The Labute approximate surface area is 157 Å². The highest BCUT2D eigenvalue weighted by atomic mass is 16.5. The second-order valence-corrected chi connectivity index (χ2v) is 7.77. The number of nitrogens with zero attached hydrogens (tertiary/aromatic N) is 1. The molecule has 2 atom stereocenters. The molecule has 0 radical (unpaired) electrons. The summed E-state index contributed by atoms with van der Waals surface area (Å²) in [5.41, 5.74) is 0.349. The van der Waals surface area contributed by atoms with Gasteiger partial charge in [0.1, 0.15) is 16.9 Å². The van der Waals surface area contributed by atoms with Crippen molar-refractivity contribution in [3.05, 3.63) is 39.7 Å². The van der Waals surface area contributed by atoms with Crippen molar-refractivity contribution in [2.24, 2.45) is 5.41 Å². The molecule has 2 fully saturated rings. The molecule has 1 spiro atoms. The minimum Gasteiger partial charge on any atom is -0.508 e. The average Bonchev–Trinajstić information content (AvgIpc) is 2.57. The first-order valence-electron chi connectivity index (χ1n) is 9.54. The molecule has 2 aliphatic rings. The molecule has 1 N–H and O–H groups in total. The standard InChI is InChI=1S/C21H25NO5/c1-4-26-17-11-16(21(17)8-5-9-21)22(3)19(24)18-12(2)14-10-13(23)6-7-15(14)27-20(18)25/h6-7,10,16-17,23H,4-5,8-9,11H2,1-3H3/t16-,17-/m1/s1. The van der Waals surface area contributed by atoms with Crippen LogP contribution in [0.4, 0.5) is 0 Å². The number of aryl methyl sites for hydroxylation is 1. The van der Waals surface area contributed by atoms with Gasteiger partial charge in [0.15, 0.2) is 0 Å². The van der Waals surface area contributed by atoms with E-state index >= 15 is 0 Å². The lowest BCUT2D eigenvalue weighted by atomic mass is 9.50. The molecule has 6 nitrogen and oxygen atoms in total. The van der Waals surface area contributed by atoms with Crippen LogP contribution in [0.15, 0.2) is 27.4 Å². The summed E-state index contributed by atoms with van der Waals surface area (Å²) in [7, 11) is 1.76. The zero-order valence-electron chi connectivity index (χ0n) is 15.9. The van der Waals surface area contributed by atoms with Crippen molar-refractivity contribution in [2.45, 2.75) is 51.7 Å². The molecule has 4 rings (SSSR count). The number of amides is 1. The molecule has 1 amide bonds. The average molecular weight is 371 g/mol. The maximum Gasteiger partial charge on any atom is 0.349 e. The van der Waals surface area contributed by atoms with Crippen molar-refractivity contribution in [1.29, 1.82) is 0 Å². The SMILES string of the molecule is CCO[C@@H]1C[C@@H](N(C)C(=O)c2c(C)c3cc(O)ccc3oc2=O)C12CCC2. The molecule has 2 saturated carbocycles. The van der Waals surface area contributed by atoms with Crippen molar-refractivity contribution in [3.63, 3.8) is 0 Å². The number of ether oxygens (including phenoxy) is 1. The molecule has 144 valence electrons. The van der Waals surface area contributed by atoms with Gasteiger partial charge in [0, 0.05) is 30.5 Å². The Hall–Kier alpha value is -2.34. The van der Waals surface area contributed by atoms with Gasteiger partial charge in [-0.05, 0) is 56.9 Å². The first-order valence-corrected chi connectivity index (χ1v) is 9.54. The fraction of sp³-hybridized carbons (Fsp3) is 0.524. The molecule has 2 aliphatic carbocycles. The molecule has 6 heteroatoms. The van der Waals surface area contributed by atoms with Crippen LogP contribution in [0.1, 0.15) is 48.5 Å². The van der Waals surface area contributed by atoms with E-state index in [-0.39, 0.29) is 34.8 Å². The summed E-state index contributed by atoms with van der Waals surface area (Å²) < 4.78 is 11.2. The third kappa shape index (κ3) is 2.57. The lowest BCUT2D eigenvalue weighted by molar-refractivity contribution is -0.192. The normalized spacial score (nSPS) is 23.1. The van der Waals surface area contributed by atoms with Crippen molar-refractivity contribution in [1.82, 2.24) is 4.90 Å². The molecular weight excluding hydrogens is 346 g/mol. The number of rotatable bonds is 4. The minimum atomic E-state index is -0.633. The van der Waals surface area contributed by atoms with E-state index in [1.807, 2.05) is 6.92 Å². The highest BCUT2D eigenvalue weighted by Crippen LogP contribution is 2.59. The number of aromatic hydroxyl groups is 1. The molecule has 0 saturated heterocycles. The predicted molar refractivity (Wildman–Crippen MR) is 101 cm³/mol. The highest BCUT2D eigenvalue weighted by Gasteiger charge is 2.61. The van der Waals surface area contributed by atoms with Gasteiger partial charge in [0.05, 0.1) is 6.10 Å².